The molecule has 0 aliphatic carbocycles. The lowest BCUT2D eigenvalue weighted by Crippen LogP contribution is -2.41. The molecule has 0 amide bonds. The van der Waals surface area contributed by atoms with E-state index in [1.807, 2.05) is 27.7 Å². The number of hydrogen-bond donors (Lipinski definition) is 1. The zero-order valence-corrected chi connectivity index (χ0v) is 15.0. The van der Waals surface area contributed by atoms with Crippen molar-refractivity contribution in [1.29, 1.82) is 0 Å². The lowest BCUT2D eigenvalue weighted by Gasteiger charge is -2.32. The van der Waals surface area contributed by atoms with Gasteiger partial charge in [-0.15, -0.1) is 0 Å². The number of halogens is 2. The van der Waals surface area contributed by atoms with Crippen molar-refractivity contribution in [2.45, 2.75) is 51.7 Å². The molecule has 1 aliphatic heterocycles. The number of allylic oxidation sites excluding steroid dienone is 1. The monoisotopic (exact) mass is 354 g/mol. The van der Waals surface area contributed by atoms with Gasteiger partial charge in [-0.1, -0.05) is 23.7 Å². The van der Waals surface area contributed by atoms with E-state index in [1.54, 1.807) is 24.3 Å². The second kappa shape index (κ2) is 6.86. The van der Waals surface area contributed by atoms with E-state index >= 15 is 4.39 Å². The van der Waals surface area contributed by atoms with Gasteiger partial charge in [0, 0.05) is 11.4 Å². The van der Waals surface area contributed by atoms with Gasteiger partial charge in [0.2, 0.25) is 0 Å². The summed E-state index contributed by atoms with van der Waals surface area (Å²) in [5.74, 6) is -0.997. The van der Waals surface area contributed by atoms with Gasteiger partial charge in [0.1, 0.15) is 5.73 Å². The van der Waals surface area contributed by atoms with Crippen LogP contribution < -0.4 is 0 Å². The lowest BCUT2D eigenvalue weighted by atomic mass is 9.81. The molecular weight excluding hydrogens is 333 g/mol. The molecule has 1 aromatic rings. The largest absolute Gasteiger partial charge is 0.525 e. The Morgan fingerprint density at radius 3 is 2.08 bits per heavy atom. The van der Waals surface area contributed by atoms with Gasteiger partial charge in [-0.05, 0) is 57.4 Å². The number of carboxylic acids is 1. The van der Waals surface area contributed by atoms with Gasteiger partial charge in [0.15, 0.2) is 0 Å². The molecule has 4 nitrogen and oxygen atoms in total. The van der Waals surface area contributed by atoms with E-state index in [4.69, 9.17) is 26.0 Å². The van der Waals surface area contributed by atoms with Crippen LogP contribution >= 0.6 is 11.6 Å². The molecule has 0 spiro atoms. The number of hydrogen-bond acceptors (Lipinski definition) is 3. The van der Waals surface area contributed by atoms with E-state index in [9.17, 15) is 4.79 Å². The second-order valence-electron chi connectivity index (χ2n) is 6.82. The number of aliphatic carboxylic acids is 1. The van der Waals surface area contributed by atoms with Gasteiger partial charge in [-0.25, -0.2) is 4.39 Å². The fourth-order valence-electron chi connectivity index (χ4n) is 2.37. The molecule has 1 saturated heterocycles. The summed E-state index contributed by atoms with van der Waals surface area (Å²) >= 11 is 5.87. The molecule has 7 heteroatoms. The summed E-state index contributed by atoms with van der Waals surface area (Å²) in [7, 11) is -1.16. The van der Waals surface area contributed by atoms with Crippen molar-refractivity contribution in [3.8, 4) is 0 Å². The first kappa shape index (κ1) is 19.0. The Morgan fingerprint density at radius 2 is 1.62 bits per heavy atom. The van der Waals surface area contributed by atoms with Crippen LogP contribution in [0, 0.1) is 0 Å². The highest BCUT2D eigenvalue weighted by atomic mass is 35.5. The third kappa shape index (κ3) is 3.99. The van der Waals surface area contributed by atoms with Crippen LogP contribution in [0.25, 0.3) is 5.57 Å². The highest BCUT2D eigenvalue weighted by molar-refractivity contribution is 6.55. The maximum Gasteiger partial charge on any atom is 0.525 e. The van der Waals surface area contributed by atoms with Crippen molar-refractivity contribution in [2.75, 3.05) is 0 Å². The van der Waals surface area contributed by atoms with Crippen molar-refractivity contribution >= 4 is 30.3 Å². The van der Waals surface area contributed by atoms with E-state index in [1.165, 1.54) is 0 Å². The van der Waals surface area contributed by atoms with Crippen molar-refractivity contribution in [1.82, 2.24) is 0 Å². The quantitative estimate of drug-likeness (QED) is 0.790. The Bertz CT molecular complexity index is 639. The Morgan fingerprint density at radius 1 is 1.12 bits per heavy atom. The summed E-state index contributed by atoms with van der Waals surface area (Å²) in [6, 6.07) is 6.58. The minimum absolute atomic E-state index is 0.0346. The van der Waals surface area contributed by atoms with E-state index in [0.29, 0.717) is 10.6 Å². The highest BCUT2D eigenvalue weighted by Crippen LogP contribution is 2.40. The van der Waals surface area contributed by atoms with Crippen LogP contribution in [-0.4, -0.2) is 29.4 Å². The summed E-state index contributed by atoms with van der Waals surface area (Å²) in [6.45, 7) is 7.33. The van der Waals surface area contributed by atoms with Gasteiger partial charge < -0.3 is 14.4 Å². The van der Waals surface area contributed by atoms with E-state index in [-0.39, 0.29) is 18.4 Å². The zero-order chi connectivity index (χ0) is 18.1. The van der Waals surface area contributed by atoms with Crippen LogP contribution in [0.1, 0.15) is 46.1 Å². The van der Waals surface area contributed by atoms with Crippen molar-refractivity contribution in [3.63, 3.8) is 0 Å². The molecule has 1 heterocycles. The SMILES string of the molecule is CC1(C)OB(C(F)=C(CCC(=O)O)c2ccc(Cl)cc2)OC1(C)C. The fourth-order valence-corrected chi connectivity index (χ4v) is 2.50. The Hall–Kier alpha value is -1.37. The third-order valence-corrected chi connectivity index (χ3v) is 4.78. The normalized spacial score (nSPS) is 20.0. The highest BCUT2D eigenvalue weighted by Gasteiger charge is 2.53. The maximum atomic E-state index is 15.1. The molecule has 0 aromatic heterocycles. The van der Waals surface area contributed by atoms with E-state index < -0.39 is 30.0 Å². The molecule has 1 fully saturated rings. The predicted octanol–water partition coefficient (Wildman–Crippen LogP) is 4.52. The average molecular weight is 355 g/mol. The van der Waals surface area contributed by atoms with Crippen LogP contribution in [0.3, 0.4) is 0 Å². The molecule has 24 heavy (non-hydrogen) atoms. The molecular formula is C17H21BClFO4. The molecule has 0 bridgehead atoms. The summed E-state index contributed by atoms with van der Waals surface area (Å²) in [5.41, 5.74) is -1.13. The van der Waals surface area contributed by atoms with Crippen molar-refractivity contribution < 1.29 is 23.6 Å². The second-order valence-corrected chi connectivity index (χ2v) is 7.25. The van der Waals surface area contributed by atoms with Crippen LogP contribution in [0.2, 0.25) is 5.02 Å². The number of carbonyl (C=O) groups is 1. The Kier molecular flexibility index (Phi) is 5.42. The van der Waals surface area contributed by atoms with Crippen LogP contribution in [0.15, 0.2) is 30.0 Å². The molecule has 1 aromatic carbocycles. The summed E-state index contributed by atoms with van der Waals surface area (Å²) in [5, 5.41) is 9.46. The van der Waals surface area contributed by atoms with Gasteiger partial charge in [-0.2, -0.15) is 0 Å². The zero-order valence-electron chi connectivity index (χ0n) is 14.2. The number of benzene rings is 1. The number of carboxylic acid groups (broad SMARTS) is 1. The maximum absolute atomic E-state index is 15.1. The van der Waals surface area contributed by atoms with Gasteiger partial charge >= 0.3 is 13.1 Å². The molecule has 0 unspecified atom stereocenters. The summed E-state index contributed by atoms with van der Waals surface area (Å²) in [6.07, 6.45) is -0.155. The fraction of sp³-hybridized carbons (Fsp3) is 0.471. The molecule has 0 atom stereocenters. The standard InChI is InChI=1S/C17H21BClFO4/c1-16(2)17(3,4)24-18(23-16)15(20)13(9-10-14(21)22)11-5-7-12(19)8-6-11/h5-8H,9-10H2,1-4H3,(H,21,22). The first-order valence-electron chi connectivity index (χ1n) is 7.75. The van der Waals surface area contributed by atoms with E-state index in [0.717, 1.165) is 0 Å². The Labute approximate surface area is 146 Å². The van der Waals surface area contributed by atoms with Crippen molar-refractivity contribution in [2.24, 2.45) is 0 Å². The summed E-state index contributed by atoms with van der Waals surface area (Å²) < 4.78 is 26.6. The van der Waals surface area contributed by atoms with E-state index in [2.05, 4.69) is 0 Å². The van der Waals surface area contributed by atoms with Gasteiger partial charge in [0.05, 0.1) is 11.2 Å². The van der Waals surface area contributed by atoms with Gasteiger partial charge in [0.25, 0.3) is 0 Å². The van der Waals surface area contributed by atoms with Crippen LogP contribution in [0.5, 0.6) is 0 Å². The smallest absolute Gasteiger partial charge is 0.481 e. The minimum atomic E-state index is -1.16. The predicted molar refractivity (Wildman–Crippen MR) is 92.4 cm³/mol. The van der Waals surface area contributed by atoms with Crippen LogP contribution in [0.4, 0.5) is 4.39 Å². The minimum Gasteiger partial charge on any atom is -0.481 e. The topological polar surface area (TPSA) is 55.8 Å². The first-order chi connectivity index (χ1) is 11.0. The number of rotatable bonds is 5. The molecule has 2 rings (SSSR count). The average Bonchev–Trinajstić information content (AvgIpc) is 2.69. The van der Waals surface area contributed by atoms with Gasteiger partial charge in [-0.3, -0.25) is 4.79 Å². The molecule has 130 valence electrons. The lowest BCUT2D eigenvalue weighted by molar-refractivity contribution is -0.136. The molecule has 0 radical (unpaired) electrons. The van der Waals surface area contributed by atoms with Crippen LogP contribution in [-0.2, 0) is 14.1 Å². The summed E-state index contributed by atoms with van der Waals surface area (Å²) in [4.78, 5) is 10.9. The first-order valence-corrected chi connectivity index (χ1v) is 8.13. The molecule has 0 saturated carbocycles. The third-order valence-electron chi connectivity index (χ3n) is 4.53. The van der Waals surface area contributed by atoms with Crippen molar-refractivity contribution in [3.05, 3.63) is 40.6 Å². The molecule has 1 aliphatic rings. The molecule has 1 N–H and O–H groups in total. The Balaban J connectivity index is 2.39.